The Morgan fingerprint density at radius 3 is 2.19 bits per heavy atom. The van der Waals surface area contributed by atoms with Gasteiger partial charge in [-0.25, -0.2) is 9.69 Å². The van der Waals surface area contributed by atoms with Crippen LogP contribution >= 0.6 is 17.7 Å². The summed E-state index contributed by atoms with van der Waals surface area (Å²) in [6.45, 7) is 3.56. The number of hydroxylamine groups is 2. The molecule has 10 heteroatoms. The first-order chi connectivity index (χ1) is 12.7. The number of non-ortho nitro benzene ring substituents is 1. The van der Waals surface area contributed by atoms with E-state index in [9.17, 15) is 14.9 Å². The van der Waals surface area contributed by atoms with Crippen LogP contribution in [0, 0.1) is 10.1 Å². The van der Waals surface area contributed by atoms with Crippen LogP contribution < -0.4 is 10.0 Å². The summed E-state index contributed by atoms with van der Waals surface area (Å²) in [5.74, 6) is 0.224. The Bertz CT molecular complexity index is 872. The molecule has 1 atom stereocenters. The van der Waals surface area contributed by atoms with Crippen LogP contribution in [-0.4, -0.2) is 29.0 Å². The van der Waals surface area contributed by atoms with Crippen LogP contribution in [-0.2, 0) is 16.4 Å². The number of nitro benzene ring substituents is 1. The van der Waals surface area contributed by atoms with Crippen molar-refractivity contribution in [3.8, 4) is 5.75 Å². The van der Waals surface area contributed by atoms with E-state index in [1.54, 1.807) is 45.2 Å². The Balaban J connectivity index is 2.26. The second kappa shape index (κ2) is 8.84. The van der Waals surface area contributed by atoms with Crippen molar-refractivity contribution in [1.29, 1.82) is 0 Å². The van der Waals surface area contributed by atoms with Crippen molar-refractivity contribution in [3.63, 3.8) is 0 Å². The molecule has 2 aromatic carbocycles. The van der Waals surface area contributed by atoms with Crippen LogP contribution in [0.25, 0.3) is 0 Å². The van der Waals surface area contributed by atoms with E-state index in [4.69, 9.17) is 21.2 Å². The SMILES string of the molecule is COc1ccc(P(=S)(S)ON(C(=O)c2ccc([N+](=O)[O-])cc2)C(C)C)cc1. The fourth-order valence-electron chi connectivity index (χ4n) is 2.16. The van der Waals surface area contributed by atoms with Gasteiger partial charge in [0.05, 0.1) is 18.1 Å². The molecule has 0 fully saturated rings. The molecule has 0 aromatic heterocycles. The molecule has 7 nitrogen and oxygen atoms in total. The minimum absolute atomic E-state index is 0.0962. The lowest BCUT2D eigenvalue weighted by Crippen LogP contribution is -2.36. The van der Waals surface area contributed by atoms with E-state index in [1.165, 1.54) is 29.3 Å². The molecule has 144 valence electrons. The second-order valence-electron chi connectivity index (χ2n) is 5.83. The highest BCUT2D eigenvalue weighted by Crippen LogP contribution is 2.52. The summed E-state index contributed by atoms with van der Waals surface area (Å²) in [7, 11) is 1.56. The van der Waals surface area contributed by atoms with Crippen molar-refractivity contribution in [2.75, 3.05) is 7.11 Å². The van der Waals surface area contributed by atoms with Gasteiger partial charge in [-0.3, -0.25) is 14.9 Å². The van der Waals surface area contributed by atoms with Crippen molar-refractivity contribution in [2.24, 2.45) is 0 Å². The topological polar surface area (TPSA) is 81.9 Å². The molecule has 0 saturated carbocycles. The summed E-state index contributed by atoms with van der Waals surface area (Å²) >= 11 is 10.0. The number of carbonyl (C=O) groups is 1. The Morgan fingerprint density at radius 1 is 1.19 bits per heavy atom. The van der Waals surface area contributed by atoms with Crippen LogP contribution in [0.4, 0.5) is 5.69 Å². The molecule has 0 bridgehead atoms. The Labute approximate surface area is 167 Å². The zero-order valence-electron chi connectivity index (χ0n) is 14.9. The average molecular weight is 426 g/mol. The molecule has 27 heavy (non-hydrogen) atoms. The normalized spacial score (nSPS) is 13.1. The van der Waals surface area contributed by atoms with Crippen molar-refractivity contribution in [1.82, 2.24) is 5.06 Å². The Kier molecular flexibility index (Phi) is 7.00. The van der Waals surface area contributed by atoms with E-state index >= 15 is 0 Å². The molecule has 2 aromatic rings. The molecule has 0 radical (unpaired) electrons. The first kappa shape index (κ1) is 21.4. The smallest absolute Gasteiger partial charge is 0.277 e. The number of nitrogens with zero attached hydrogens (tertiary/aromatic N) is 2. The lowest BCUT2D eigenvalue weighted by atomic mass is 10.2. The summed E-state index contributed by atoms with van der Waals surface area (Å²) in [4.78, 5) is 23.1. The van der Waals surface area contributed by atoms with Gasteiger partial charge in [-0.1, -0.05) is 0 Å². The number of benzene rings is 2. The quantitative estimate of drug-likeness (QED) is 0.313. The van der Waals surface area contributed by atoms with E-state index in [0.717, 1.165) is 0 Å². The van der Waals surface area contributed by atoms with Crippen LogP contribution in [0.5, 0.6) is 5.75 Å². The molecule has 0 N–H and O–H groups in total. The fourth-order valence-corrected chi connectivity index (χ4v) is 4.49. The molecule has 0 heterocycles. The number of ether oxygens (including phenoxy) is 1. The van der Waals surface area contributed by atoms with Crippen LogP contribution in [0.2, 0.25) is 0 Å². The molecule has 2 rings (SSSR count). The molecule has 0 aliphatic heterocycles. The van der Waals surface area contributed by atoms with Crippen molar-refractivity contribution in [3.05, 3.63) is 64.2 Å². The average Bonchev–Trinajstić information content (AvgIpc) is 2.65. The minimum atomic E-state index is -2.82. The summed E-state index contributed by atoms with van der Waals surface area (Å²) < 4.78 is 11.0. The molecular formula is C17H19N2O5PS2. The highest BCUT2D eigenvalue weighted by atomic mass is 32.9. The number of hydrogen-bond acceptors (Lipinski definition) is 6. The van der Waals surface area contributed by atoms with Gasteiger partial charge in [-0.2, -0.15) is 0 Å². The zero-order valence-corrected chi connectivity index (χ0v) is 17.5. The summed E-state index contributed by atoms with van der Waals surface area (Å²) in [5, 5.41) is 12.6. The number of rotatable bonds is 7. The standard InChI is InChI=1S/C17H19N2O5PS2/c1-12(2)18(17(20)13-4-6-14(7-5-13)19(21)22)24-25(26,27)16-10-8-15(23-3)9-11-16/h4-12H,1-3H3,(H,26,27). The second-order valence-corrected chi connectivity index (χ2v) is 11.6. The Morgan fingerprint density at radius 2 is 1.74 bits per heavy atom. The molecule has 1 amide bonds. The third-order valence-electron chi connectivity index (χ3n) is 3.59. The van der Waals surface area contributed by atoms with Gasteiger partial charge >= 0.3 is 0 Å². The molecular weight excluding hydrogens is 407 g/mol. The van der Waals surface area contributed by atoms with Crippen molar-refractivity contribution < 1.29 is 19.1 Å². The highest BCUT2D eigenvalue weighted by Gasteiger charge is 2.27. The van der Waals surface area contributed by atoms with Gasteiger partial charge in [0, 0.05) is 23.0 Å². The predicted octanol–water partition coefficient (Wildman–Crippen LogP) is 3.95. The molecule has 0 saturated heterocycles. The third-order valence-corrected chi connectivity index (χ3v) is 6.68. The number of carbonyl (C=O) groups excluding carboxylic acids is 1. The monoisotopic (exact) mass is 426 g/mol. The van der Waals surface area contributed by atoms with E-state index < -0.39 is 16.3 Å². The zero-order chi connectivity index (χ0) is 20.2. The Hall–Kier alpha value is -1.93. The lowest BCUT2D eigenvalue weighted by molar-refractivity contribution is -0.384. The van der Waals surface area contributed by atoms with Gasteiger partial charge in [0.15, 0.2) is 5.47 Å². The number of thiol groups is 1. The maximum Gasteiger partial charge on any atom is 0.277 e. The largest absolute Gasteiger partial charge is 0.497 e. The highest BCUT2D eigenvalue weighted by molar-refractivity contribution is 8.64. The number of hydrogen-bond donors (Lipinski definition) is 1. The number of amides is 1. The van der Waals surface area contributed by atoms with E-state index in [1.807, 2.05) is 0 Å². The van der Waals surface area contributed by atoms with Gasteiger partial charge in [0.2, 0.25) is 0 Å². The van der Waals surface area contributed by atoms with Gasteiger partial charge in [0.25, 0.3) is 11.6 Å². The van der Waals surface area contributed by atoms with E-state index in [2.05, 4.69) is 12.2 Å². The molecule has 0 spiro atoms. The van der Waals surface area contributed by atoms with Gasteiger partial charge < -0.3 is 4.74 Å². The van der Waals surface area contributed by atoms with Crippen LogP contribution in [0.15, 0.2) is 48.5 Å². The van der Waals surface area contributed by atoms with E-state index in [-0.39, 0.29) is 17.3 Å². The molecule has 0 aliphatic carbocycles. The fraction of sp³-hybridized carbons (Fsp3) is 0.235. The van der Waals surface area contributed by atoms with Gasteiger partial charge in [-0.05, 0) is 62.1 Å². The molecule has 0 aliphatic rings. The summed E-state index contributed by atoms with van der Waals surface area (Å²) in [6, 6.07) is 12.0. The van der Waals surface area contributed by atoms with Gasteiger partial charge in [-0.15, -0.1) is 12.2 Å². The molecule has 1 unspecified atom stereocenters. The van der Waals surface area contributed by atoms with Crippen molar-refractivity contribution in [2.45, 2.75) is 19.9 Å². The van der Waals surface area contributed by atoms with Crippen LogP contribution in [0.3, 0.4) is 0 Å². The number of methoxy groups -OCH3 is 1. The minimum Gasteiger partial charge on any atom is -0.497 e. The first-order valence-corrected chi connectivity index (χ1v) is 11.8. The third kappa shape index (κ3) is 5.29. The maximum atomic E-state index is 12.8. The summed E-state index contributed by atoms with van der Waals surface area (Å²) in [6.07, 6.45) is 0. The van der Waals surface area contributed by atoms with E-state index in [0.29, 0.717) is 11.1 Å². The van der Waals surface area contributed by atoms with Crippen LogP contribution in [0.1, 0.15) is 24.2 Å². The first-order valence-electron chi connectivity index (χ1n) is 7.91. The summed E-state index contributed by atoms with van der Waals surface area (Å²) in [5.41, 5.74) is -2.66. The maximum absolute atomic E-state index is 12.8. The number of nitro groups is 1. The predicted molar refractivity (Wildman–Crippen MR) is 111 cm³/mol. The van der Waals surface area contributed by atoms with Crippen molar-refractivity contribution >= 4 is 46.4 Å². The lowest BCUT2D eigenvalue weighted by Gasteiger charge is -2.30. The van der Waals surface area contributed by atoms with Gasteiger partial charge in [0.1, 0.15) is 5.75 Å².